The van der Waals surface area contributed by atoms with Crippen molar-refractivity contribution < 1.29 is 4.79 Å². The van der Waals surface area contributed by atoms with Gasteiger partial charge in [-0.1, -0.05) is 20.3 Å². The molecule has 4 nitrogen and oxygen atoms in total. The monoisotopic (exact) mass is 289 g/mol. The number of unbranched alkanes of at least 4 members (excludes halogenated alkanes) is 1. The third-order valence-electron chi connectivity index (χ3n) is 4.20. The van der Waals surface area contributed by atoms with Crippen LogP contribution >= 0.6 is 0 Å². The number of amides is 1. The van der Waals surface area contributed by atoms with Crippen molar-refractivity contribution in [2.75, 3.05) is 31.6 Å². The minimum absolute atomic E-state index is 0.125. The minimum atomic E-state index is 0.125. The second kappa shape index (κ2) is 7.43. The minimum Gasteiger partial charge on any atom is -0.373 e. The molecule has 0 radical (unpaired) electrons. The number of pyridine rings is 1. The molecular formula is C17H27N3O. The highest BCUT2D eigenvalue weighted by atomic mass is 16.2. The molecule has 0 aromatic carbocycles. The van der Waals surface area contributed by atoms with Crippen LogP contribution in [0, 0.1) is 5.92 Å². The van der Waals surface area contributed by atoms with Crippen molar-refractivity contribution in [3.63, 3.8) is 0 Å². The molecule has 1 atom stereocenters. The number of anilines is 1. The lowest BCUT2D eigenvalue weighted by Crippen LogP contribution is -2.39. The van der Waals surface area contributed by atoms with Gasteiger partial charge in [0.2, 0.25) is 0 Å². The maximum atomic E-state index is 12.6. The highest BCUT2D eigenvalue weighted by Gasteiger charge is 2.22. The fraction of sp³-hybridized carbons (Fsp3) is 0.647. The maximum Gasteiger partial charge on any atom is 0.255 e. The van der Waals surface area contributed by atoms with Crippen molar-refractivity contribution in [1.29, 1.82) is 0 Å². The summed E-state index contributed by atoms with van der Waals surface area (Å²) in [5.41, 5.74) is 1.74. The molecule has 1 amide bonds. The van der Waals surface area contributed by atoms with Gasteiger partial charge in [0.25, 0.3) is 5.91 Å². The number of nitrogens with zero attached hydrogens (tertiary/aromatic N) is 3. The first-order valence-electron chi connectivity index (χ1n) is 8.07. The highest BCUT2D eigenvalue weighted by molar-refractivity contribution is 5.94. The van der Waals surface area contributed by atoms with Crippen LogP contribution in [0.2, 0.25) is 0 Å². The van der Waals surface area contributed by atoms with Crippen LogP contribution in [-0.2, 0) is 0 Å². The molecule has 1 unspecified atom stereocenters. The largest absolute Gasteiger partial charge is 0.373 e. The summed E-state index contributed by atoms with van der Waals surface area (Å²) in [5, 5.41) is 0. The van der Waals surface area contributed by atoms with Crippen LogP contribution in [0.15, 0.2) is 18.5 Å². The summed E-state index contributed by atoms with van der Waals surface area (Å²) in [7, 11) is 2.06. The molecule has 2 heterocycles. The zero-order valence-corrected chi connectivity index (χ0v) is 13.5. The van der Waals surface area contributed by atoms with E-state index in [4.69, 9.17) is 0 Å². The maximum absolute atomic E-state index is 12.6. The van der Waals surface area contributed by atoms with Crippen LogP contribution < -0.4 is 4.90 Å². The first-order chi connectivity index (χ1) is 10.1. The number of aromatic nitrogens is 1. The van der Waals surface area contributed by atoms with E-state index in [9.17, 15) is 4.79 Å². The lowest BCUT2D eigenvalue weighted by Gasteiger charge is -2.31. The van der Waals surface area contributed by atoms with Crippen LogP contribution in [0.25, 0.3) is 0 Å². The first kappa shape index (κ1) is 15.8. The second-order valence-corrected chi connectivity index (χ2v) is 6.21. The van der Waals surface area contributed by atoms with Gasteiger partial charge in [-0.2, -0.15) is 0 Å². The van der Waals surface area contributed by atoms with Gasteiger partial charge < -0.3 is 9.80 Å². The van der Waals surface area contributed by atoms with Crippen molar-refractivity contribution >= 4 is 11.6 Å². The quantitative estimate of drug-likeness (QED) is 0.835. The molecule has 1 fully saturated rings. The van der Waals surface area contributed by atoms with E-state index in [-0.39, 0.29) is 5.91 Å². The predicted octanol–water partition coefficient (Wildman–Crippen LogP) is 3.19. The Balaban J connectivity index is 2.07. The lowest BCUT2D eigenvalue weighted by molar-refractivity contribution is 0.0682. The van der Waals surface area contributed by atoms with E-state index in [0.717, 1.165) is 38.2 Å². The molecule has 0 aliphatic carbocycles. The molecule has 1 aliphatic heterocycles. The van der Waals surface area contributed by atoms with Crippen LogP contribution in [-0.4, -0.2) is 42.5 Å². The molecule has 0 spiro atoms. The summed E-state index contributed by atoms with van der Waals surface area (Å²) in [6.45, 7) is 7.14. The number of rotatable bonds is 5. The summed E-state index contributed by atoms with van der Waals surface area (Å²) in [6, 6.07) is 1.98. The average Bonchev–Trinajstić information content (AvgIpc) is 2.52. The Hall–Kier alpha value is -1.58. The SMILES string of the molecule is CCCCN(C)c1cncc(C(=O)N2CCCC(C)C2)c1. The van der Waals surface area contributed by atoms with Gasteiger partial charge in [0.05, 0.1) is 17.4 Å². The Kier molecular flexibility index (Phi) is 5.59. The summed E-state index contributed by atoms with van der Waals surface area (Å²) >= 11 is 0. The van der Waals surface area contributed by atoms with Crippen molar-refractivity contribution in [3.8, 4) is 0 Å². The highest BCUT2D eigenvalue weighted by Crippen LogP contribution is 2.20. The molecule has 116 valence electrons. The number of hydrogen-bond acceptors (Lipinski definition) is 3. The Morgan fingerprint density at radius 1 is 1.48 bits per heavy atom. The Bertz CT molecular complexity index is 475. The van der Waals surface area contributed by atoms with E-state index in [2.05, 4.69) is 30.8 Å². The van der Waals surface area contributed by atoms with E-state index in [1.54, 1.807) is 6.20 Å². The van der Waals surface area contributed by atoms with Gasteiger partial charge in [-0.15, -0.1) is 0 Å². The summed E-state index contributed by atoms with van der Waals surface area (Å²) in [4.78, 5) is 21.0. The van der Waals surface area contributed by atoms with Gasteiger partial charge in [0, 0.05) is 32.9 Å². The fourth-order valence-electron chi connectivity index (χ4n) is 2.83. The van der Waals surface area contributed by atoms with Crippen molar-refractivity contribution in [1.82, 2.24) is 9.88 Å². The summed E-state index contributed by atoms with van der Waals surface area (Å²) in [6.07, 6.45) is 8.18. The van der Waals surface area contributed by atoms with E-state index in [1.165, 1.54) is 12.8 Å². The summed E-state index contributed by atoms with van der Waals surface area (Å²) < 4.78 is 0. The molecule has 1 saturated heterocycles. The number of piperidine rings is 1. The fourth-order valence-corrected chi connectivity index (χ4v) is 2.83. The zero-order valence-electron chi connectivity index (χ0n) is 13.5. The average molecular weight is 289 g/mol. The van der Waals surface area contributed by atoms with Gasteiger partial charge in [-0.05, 0) is 31.2 Å². The molecule has 1 aliphatic rings. The Morgan fingerprint density at radius 3 is 3.00 bits per heavy atom. The van der Waals surface area contributed by atoms with E-state index < -0.39 is 0 Å². The number of likely N-dealkylation sites (tertiary alicyclic amines) is 1. The van der Waals surface area contributed by atoms with Crippen LogP contribution in [0.5, 0.6) is 0 Å². The van der Waals surface area contributed by atoms with Crippen LogP contribution in [0.3, 0.4) is 0 Å². The first-order valence-corrected chi connectivity index (χ1v) is 8.07. The normalized spacial score (nSPS) is 18.6. The molecule has 21 heavy (non-hydrogen) atoms. The van der Waals surface area contributed by atoms with Crippen molar-refractivity contribution in [2.45, 2.75) is 39.5 Å². The number of carbonyl (C=O) groups excluding carboxylic acids is 1. The van der Waals surface area contributed by atoms with Crippen LogP contribution in [0.1, 0.15) is 49.9 Å². The van der Waals surface area contributed by atoms with Gasteiger partial charge in [-0.25, -0.2) is 0 Å². The number of hydrogen-bond donors (Lipinski definition) is 0. The second-order valence-electron chi connectivity index (χ2n) is 6.21. The predicted molar refractivity (Wildman–Crippen MR) is 86.7 cm³/mol. The van der Waals surface area contributed by atoms with Gasteiger partial charge in [0.15, 0.2) is 0 Å². The van der Waals surface area contributed by atoms with Gasteiger partial charge in [-0.3, -0.25) is 9.78 Å². The van der Waals surface area contributed by atoms with E-state index in [0.29, 0.717) is 11.5 Å². The third kappa shape index (κ3) is 4.19. The Labute approximate surface area is 128 Å². The van der Waals surface area contributed by atoms with Crippen LogP contribution in [0.4, 0.5) is 5.69 Å². The number of carbonyl (C=O) groups is 1. The molecule has 1 aromatic heterocycles. The van der Waals surface area contributed by atoms with Gasteiger partial charge >= 0.3 is 0 Å². The molecule has 2 rings (SSSR count). The standard InChI is InChI=1S/C17H27N3O/c1-4-5-8-19(3)16-10-15(11-18-12-16)17(21)20-9-6-7-14(2)13-20/h10-12,14H,4-9,13H2,1-3H3. The molecule has 0 N–H and O–H groups in total. The molecular weight excluding hydrogens is 262 g/mol. The Morgan fingerprint density at radius 2 is 2.29 bits per heavy atom. The van der Waals surface area contributed by atoms with E-state index >= 15 is 0 Å². The summed E-state index contributed by atoms with van der Waals surface area (Å²) in [5.74, 6) is 0.728. The van der Waals surface area contributed by atoms with Gasteiger partial charge in [0.1, 0.15) is 0 Å². The zero-order chi connectivity index (χ0) is 15.2. The van der Waals surface area contributed by atoms with E-state index in [1.807, 2.05) is 17.2 Å². The smallest absolute Gasteiger partial charge is 0.255 e. The molecule has 4 heteroatoms. The molecule has 0 bridgehead atoms. The topological polar surface area (TPSA) is 36.4 Å². The molecule has 1 aromatic rings. The lowest BCUT2D eigenvalue weighted by atomic mass is 10.00. The van der Waals surface area contributed by atoms with Crippen molar-refractivity contribution in [2.24, 2.45) is 5.92 Å². The third-order valence-corrected chi connectivity index (χ3v) is 4.20. The van der Waals surface area contributed by atoms with Crippen molar-refractivity contribution in [3.05, 3.63) is 24.0 Å². The molecule has 0 saturated carbocycles.